The van der Waals surface area contributed by atoms with Crippen molar-refractivity contribution < 1.29 is 9.52 Å². The molecule has 0 aromatic carbocycles. The van der Waals surface area contributed by atoms with Crippen LogP contribution in [-0.2, 0) is 12.0 Å². The number of aromatic nitrogens is 1. The molecule has 1 aromatic heterocycles. The quantitative estimate of drug-likeness (QED) is 0.792. The monoisotopic (exact) mass is 197 g/mol. The molecule has 0 spiro atoms. The molecule has 0 amide bonds. The number of rotatable bonds is 2. The molecule has 0 aliphatic carbocycles. The van der Waals surface area contributed by atoms with Crippen LogP contribution in [0.1, 0.15) is 46.1 Å². The van der Waals surface area contributed by atoms with Gasteiger partial charge >= 0.3 is 0 Å². The highest BCUT2D eigenvalue weighted by Crippen LogP contribution is 2.41. The second kappa shape index (κ2) is 3.39. The van der Waals surface area contributed by atoms with Gasteiger partial charge in [-0.05, 0) is 5.41 Å². The summed E-state index contributed by atoms with van der Waals surface area (Å²) in [4.78, 5) is 4.00. The Morgan fingerprint density at radius 3 is 2.29 bits per heavy atom. The highest BCUT2D eigenvalue weighted by molar-refractivity contribution is 5.19. The fraction of sp³-hybridized carbons (Fsp3) is 0.727. The lowest BCUT2D eigenvalue weighted by Gasteiger charge is -2.37. The summed E-state index contributed by atoms with van der Waals surface area (Å²) in [6, 6.07) is 0. The van der Waals surface area contributed by atoms with E-state index in [0.29, 0.717) is 5.69 Å². The molecule has 3 heteroatoms. The molecule has 0 atom stereocenters. The maximum atomic E-state index is 9.11. The molecule has 1 heterocycles. The summed E-state index contributed by atoms with van der Waals surface area (Å²) in [5.41, 5.74) is 0.572. The lowest BCUT2D eigenvalue weighted by molar-refractivity contribution is 0.182. The summed E-state index contributed by atoms with van der Waals surface area (Å²) in [6.07, 6.45) is 1.40. The lowest BCUT2D eigenvalue weighted by atomic mass is 9.67. The van der Waals surface area contributed by atoms with Crippen molar-refractivity contribution in [3.63, 3.8) is 0 Å². The number of nitrogens with zero attached hydrogens (tertiary/aromatic N) is 1. The van der Waals surface area contributed by atoms with E-state index in [4.69, 9.17) is 9.52 Å². The van der Waals surface area contributed by atoms with Crippen molar-refractivity contribution in [1.82, 2.24) is 4.98 Å². The molecule has 14 heavy (non-hydrogen) atoms. The molecule has 0 aliphatic heterocycles. The van der Waals surface area contributed by atoms with Gasteiger partial charge in [-0.25, -0.2) is 4.98 Å². The molecular weight excluding hydrogens is 178 g/mol. The Balaban J connectivity index is 3.16. The Morgan fingerprint density at radius 2 is 1.86 bits per heavy atom. The zero-order chi connectivity index (χ0) is 11.0. The maximum absolute atomic E-state index is 9.11. The van der Waals surface area contributed by atoms with Gasteiger partial charge in [0.1, 0.15) is 11.5 Å². The van der Waals surface area contributed by atoms with Gasteiger partial charge in [0, 0.05) is 5.41 Å². The van der Waals surface area contributed by atoms with Gasteiger partial charge in [0.05, 0.1) is 6.61 Å². The summed E-state index contributed by atoms with van der Waals surface area (Å²) >= 11 is 0. The van der Waals surface area contributed by atoms with E-state index in [1.165, 1.54) is 6.39 Å². The SMILES string of the molecule is CC(C)(C)C(C)(C)c1ocnc1CO. The number of hydrogen-bond donors (Lipinski definition) is 1. The molecule has 0 saturated carbocycles. The molecule has 0 unspecified atom stereocenters. The van der Waals surface area contributed by atoms with Crippen molar-refractivity contribution in [1.29, 1.82) is 0 Å². The van der Waals surface area contributed by atoms with Crippen molar-refractivity contribution in [3.8, 4) is 0 Å². The minimum Gasteiger partial charge on any atom is -0.448 e. The van der Waals surface area contributed by atoms with Crippen LogP contribution < -0.4 is 0 Å². The summed E-state index contributed by atoms with van der Waals surface area (Å²) in [7, 11) is 0. The van der Waals surface area contributed by atoms with Gasteiger partial charge < -0.3 is 9.52 Å². The Hall–Kier alpha value is -0.830. The second-order valence-corrected chi connectivity index (χ2v) is 5.16. The van der Waals surface area contributed by atoms with Gasteiger partial charge in [-0.2, -0.15) is 0 Å². The first kappa shape index (κ1) is 11.2. The predicted octanol–water partition coefficient (Wildman–Crippen LogP) is 2.49. The van der Waals surface area contributed by atoms with Gasteiger partial charge in [-0.1, -0.05) is 34.6 Å². The van der Waals surface area contributed by atoms with E-state index in [2.05, 4.69) is 39.6 Å². The first-order chi connectivity index (χ1) is 6.30. The zero-order valence-corrected chi connectivity index (χ0v) is 9.59. The third-order valence-electron chi connectivity index (χ3n) is 3.23. The fourth-order valence-electron chi connectivity index (χ4n) is 1.23. The summed E-state index contributed by atoms with van der Waals surface area (Å²) in [5.74, 6) is 0.785. The van der Waals surface area contributed by atoms with E-state index in [1.54, 1.807) is 0 Å². The van der Waals surface area contributed by atoms with Crippen LogP contribution in [0.4, 0.5) is 0 Å². The highest BCUT2D eigenvalue weighted by atomic mass is 16.3. The van der Waals surface area contributed by atoms with Crippen LogP contribution in [0.25, 0.3) is 0 Å². The standard InChI is InChI=1S/C11H19NO2/c1-10(2,3)11(4,5)9-8(6-13)12-7-14-9/h7,13H,6H2,1-5H3. The third kappa shape index (κ3) is 1.69. The molecular formula is C11H19NO2. The van der Waals surface area contributed by atoms with Crippen LogP contribution in [0.3, 0.4) is 0 Å². The number of oxazole rings is 1. The molecule has 0 aliphatic rings. The van der Waals surface area contributed by atoms with Gasteiger partial charge in [0.2, 0.25) is 0 Å². The summed E-state index contributed by atoms with van der Waals surface area (Å²) in [6.45, 7) is 10.6. The van der Waals surface area contributed by atoms with E-state index in [9.17, 15) is 0 Å². The molecule has 0 bridgehead atoms. The maximum Gasteiger partial charge on any atom is 0.181 e. The smallest absolute Gasteiger partial charge is 0.181 e. The predicted molar refractivity (Wildman–Crippen MR) is 54.9 cm³/mol. The number of aliphatic hydroxyl groups excluding tert-OH is 1. The van der Waals surface area contributed by atoms with Gasteiger partial charge in [0.15, 0.2) is 6.39 Å². The number of hydrogen-bond acceptors (Lipinski definition) is 3. The Kier molecular flexibility index (Phi) is 2.72. The molecule has 0 fully saturated rings. The molecule has 0 saturated heterocycles. The van der Waals surface area contributed by atoms with Crippen molar-refractivity contribution in [3.05, 3.63) is 17.8 Å². The third-order valence-corrected chi connectivity index (χ3v) is 3.23. The first-order valence-corrected chi connectivity index (χ1v) is 4.84. The summed E-state index contributed by atoms with van der Waals surface area (Å²) < 4.78 is 5.38. The Labute approximate surface area is 85.2 Å². The number of aliphatic hydroxyl groups is 1. The largest absolute Gasteiger partial charge is 0.448 e. The van der Waals surface area contributed by atoms with Crippen molar-refractivity contribution >= 4 is 0 Å². The van der Waals surface area contributed by atoms with Crippen LogP contribution in [0, 0.1) is 5.41 Å². The van der Waals surface area contributed by atoms with E-state index < -0.39 is 0 Å². The normalized spacial score (nSPS) is 13.3. The Bertz CT molecular complexity index is 307. The minimum atomic E-state index is -0.137. The van der Waals surface area contributed by atoms with Crippen molar-refractivity contribution in [2.45, 2.75) is 46.6 Å². The van der Waals surface area contributed by atoms with Gasteiger partial charge in [0.25, 0.3) is 0 Å². The van der Waals surface area contributed by atoms with E-state index in [0.717, 1.165) is 5.76 Å². The fourth-order valence-corrected chi connectivity index (χ4v) is 1.23. The average molecular weight is 197 g/mol. The van der Waals surface area contributed by atoms with Crippen LogP contribution in [0.5, 0.6) is 0 Å². The zero-order valence-electron chi connectivity index (χ0n) is 9.59. The first-order valence-electron chi connectivity index (χ1n) is 4.84. The lowest BCUT2D eigenvalue weighted by Crippen LogP contribution is -2.34. The molecule has 0 radical (unpaired) electrons. The van der Waals surface area contributed by atoms with Gasteiger partial charge in [-0.15, -0.1) is 0 Å². The van der Waals surface area contributed by atoms with Crippen LogP contribution in [0.15, 0.2) is 10.8 Å². The van der Waals surface area contributed by atoms with Crippen molar-refractivity contribution in [2.75, 3.05) is 0 Å². The molecule has 3 nitrogen and oxygen atoms in total. The van der Waals surface area contributed by atoms with E-state index >= 15 is 0 Å². The second-order valence-electron chi connectivity index (χ2n) is 5.16. The molecule has 1 N–H and O–H groups in total. The topological polar surface area (TPSA) is 46.3 Å². The van der Waals surface area contributed by atoms with Gasteiger partial charge in [-0.3, -0.25) is 0 Å². The van der Waals surface area contributed by atoms with Crippen LogP contribution >= 0.6 is 0 Å². The molecule has 1 aromatic rings. The highest BCUT2D eigenvalue weighted by Gasteiger charge is 2.39. The minimum absolute atomic E-state index is 0.0641. The molecule has 1 rings (SSSR count). The van der Waals surface area contributed by atoms with E-state index in [1.807, 2.05) is 0 Å². The van der Waals surface area contributed by atoms with Crippen LogP contribution in [-0.4, -0.2) is 10.1 Å². The van der Waals surface area contributed by atoms with E-state index in [-0.39, 0.29) is 17.4 Å². The van der Waals surface area contributed by atoms with Crippen molar-refractivity contribution in [2.24, 2.45) is 5.41 Å². The van der Waals surface area contributed by atoms with Crippen LogP contribution in [0.2, 0.25) is 0 Å². The average Bonchev–Trinajstić information content (AvgIpc) is 2.49. The summed E-state index contributed by atoms with van der Waals surface area (Å²) in [5, 5.41) is 9.11. The molecule has 80 valence electrons. The Morgan fingerprint density at radius 1 is 1.29 bits per heavy atom.